The lowest BCUT2D eigenvalue weighted by molar-refractivity contribution is -0.174. The highest BCUT2D eigenvalue weighted by Crippen LogP contribution is 2.81. The Labute approximate surface area is 222 Å². The number of hydrogen-bond donors (Lipinski definition) is 0. The average Bonchev–Trinajstić information content (AvgIpc) is 3.52. The zero-order chi connectivity index (χ0) is 26.7. The second-order valence-electron chi connectivity index (χ2n) is 14.1. The van der Waals surface area contributed by atoms with Crippen molar-refractivity contribution in [1.82, 2.24) is 0 Å². The maximum Gasteiger partial charge on any atom is 0.192 e. The second-order valence-corrected chi connectivity index (χ2v) is 18.8. The fraction of sp³-hybridized carbons (Fsp3) is 0.935. The monoisotopic (exact) mass is 518 g/mol. The van der Waals surface area contributed by atoms with Gasteiger partial charge >= 0.3 is 0 Å². The van der Waals surface area contributed by atoms with Gasteiger partial charge in [0, 0.05) is 30.3 Å². The van der Waals surface area contributed by atoms with Crippen LogP contribution < -0.4 is 0 Å². The molecule has 0 N–H and O–H groups in total. The van der Waals surface area contributed by atoms with Crippen LogP contribution in [-0.2, 0) is 18.8 Å². The van der Waals surface area contributed by atoms with E-state index in [9.17, 15) is 9.59 Å². The normalized spacial score (nSPS) is 42.8. The summed E-state index contributed by atoms with van der Waals surface area (Å²) in [6.45, 7) is 17.9. The van der Waals surface area contributed by atoms with E-state index in [4.69, 9.17) is 9.16 Å². The van der Waals surface area contributed by atoms with E-state index < -0.39 is 19.3 Å². The van der Waals surface area contributed by atoms with Crippen LogP contribution in [0.25, 0.3) is 0 Å². The molecule has 1 spiro atoms. The number of rotatable bonds is 11. The van der Waals surface area contributed by atoms with Crippen LogP contribution in [-0.4, -0.2) is 39.2 Å². The fourth-order valence-electron chi connectivity index (χ4n) is 10.2. The lowest BCUT2D eigenvalue weighted by Gasteiger charge is -2.61. The number of aldehydes is 1. The molecule has 4 aliphatic carbocycles. The first-order valence-corrected chi connectivity index (χ1v) is 17.6. The van der Waals surface area contributed by atoms with Crippen molar-refractivity contribution in [1.29, 1.82) is 0 Å². The van der Waals surface area contributed by atoms with Gasteiger partial charge in [0.15, 0.2) is 8.32 Å². The van der Waals surface area contributed by atoms with Crippen LogP contribution in [0, 0.1) is 45.8 Å². The minimum Gasteiger partial charge on any atom is -0.411 e. The topological polar surface area (TPSA) is 52.6 Å². The number of ketones is 1. The Morgan fingerprint density at radius 3 is 2.28 bits per heavy atom. The molecule has 0 aliphatic heterocycles. The van der Waals surface area contributed by atoms with Gasteiger partial charge in [-0.2, -0.15) is 0 Å². The number of fused-ring (bicyclic) bond motifs is 2. The molecule has 4 nitrogen and oxygen atoms in total. The van der Waals surface area contributed by atoms with Crippen molar-refractivity contribution in [3.05, 3.63) is 0 Å². The number of hydrogen-bond acceptors (Lipinski definition) is 4. The summed E-state index contributed by atoms with van der Waals surface area (Å²) in [5, 5.41) is 0. The van der Waals surface area contributed by atoms with Crippen molar-refractivity contribution in [3.8, 4) is 0 Å². The molecule has 0 aromatic heterocycles. The Kier molecular flexibility index (Phi) is 7.59. The summed E-state index contributed by atoms with van der Waals surface area (Å²) in [7, 11) is 0.0289. The quantitative estimate of drug-likeness (QED) is 0.210. The lowest BCUT2D eigenvalue weighted by atomic mass is 9.44. The van der Waals surface area contributed by atoms with E-state index in [2.05, 4.69) is 55.4 Å². The van der Waals surface area contributed by atoms with Gasteiger partial charge in [-0.1, -0.05) is 41.5 Å². The highest BCUT2D eigenvalue weighted by Gasteiger charge is 2.77. The molecule has 0 aromatic carbocycles. The summed E-state index contributed by atoms with van der Waals surface area (Å²) in [5.41, 5.74) is -0.349. The molecule has 4 saturated carbocycles. The summed E-state index contributed by atoms with van der Waals surface area (Å²) in [5.74, 6) is 2.01. The van der Waals surface area contributed by atoms with Crippen LogP contribution in [0.4, 0.5) is 0 Å². The molecule has 4 fully saturated rings. The molecule has 0 unspecified atom stereocenters. The van der Waals surface area contributed by atoms with Crippen molar-refractivity contribution < 1.29 is 18.8 Å². The van der Waals surface area contributed by atoms with Crippen molar-refractivity contribution in [2.75, 3.05) is 7.11 Å². The third-order valence-corrected chi connectivity index (χ3v) is 17.8. The van der Waals surface area contributed by atoms with Gasteiger partial charge in [0.1, 0.15) is 12.1 Å². The molecule has 0 aromatic rings. The molecule has 5 heteroatoms. The summed E-state index contributed by atoms with van der Waals surface area (Å²) >= 11 is 0. The van der Waals surface area contributed by atoms with E-state index in [1.54, 1.807) is 0 Å². The van der Waals surface area contributed by atoms with E-state index in [-0.39, 0.29) is 23.4 Å². The third kappa shape index (κ3) is 3.87. The molecule has 0 radical (unpaired) electrons. The predicted molar refractivity (Wildman–Crippen MR) is 148 cm³/mol. The molecule has 4 aliphatic rings. The summed E-state index contributed by atoms with van der Waals surface area (Å²) in [4.78, 5) is 26.6. The van der Waals surface area contributed by atoms with Crippen LogP contribution in [0.15, 0.2) is 0 Å². The molecule has 206 valence electrons. The maximum absolute atomic E-state index is 14.5. The Morgan fingerprint density at radius 1 is 1.11 bits per heavy atom. The van der Waals surface area contributed by atoms with Gasteiger partial charge < -0.3 is 14.0 Å². The van der Waals surface area contributed by atoms with Gasteiger partial charge in [-0.25, -0.2) is 0 Å². The molecule has 0 bridgehead atoms. The smallest absolute Gasteiger partial charge is 0.192 e. The van der Waals surface area contributed by atoms with Crippen LogP contribution in [0.3, 0.4) is 0 Å². The zero-order valence-corrected chi connectivity index (χ0v) is 25.7. The summed E-state index contributed by atoms with van der Waals surface area (Å²) in [6, 6.07) is 3.25. The highest BCUT2D eigenvalue weighted by atomic mass is 28.4. The Bertz CT molecular complexity index is 843. The van der Waals surface area contributed by atoms with Gasteiger partial charge in [0.2, 0.25) is 0 Å². The minimum atomic E-state index is -1.86. The van der Waals surface area contributed by atoms with Gasteiger partial charge in [-0.15, -0.1) is 0 Å². The van der Waals surface area contributed by atoms with Gasteiger partial charge in [-0.3, -0.25) is 4.79 Å². The molecule has 36 heavy (non-hydrogen) atoms. The third-order valence-electron chi connectivity index (χ3n) is 13.0. The van der Waals surface area contributed by atoms with E-state index >= 15 is 0 Å². The van der Waals surface area contributed by atoms with E-state index in [0.717, 1.165) is 49.6 Å². The fourth-order valence-corrected chi connectivity index (χ4v) is 13.4. The molecule has 0 heterocycles. The Hall–Kier alpha value is -0.523. The van der Waals surface area contributed by atoms with Gasteiger partial charge in [0.05, 0.1) is 11.7 Å². The van der Waals surface area contributed by atoms with E-state index in [0.29, 0.717) is 29.5 Å². The minimum absolute atomic E-state index is 0.0923. The summed E-state index contributed by atoms with van der Waals surface area (Å²) in [6.07, 6.45) is 8.80. The summed E-state index contributed by atoms with van der Waals surface area (Å²) < 4.78 is 13.2. The first kappa shape index (κ1) is 28.5. The highest BCUT2D eigenvalue weighted by molar-refractivity contribution is 6.73. The molecule has 4 rings (SSSR count). The Morgan fingerprint density at radius 2 is 1.75 bits per heavy atom. The number of ether oxygens (including phenoxy) is 1. The predicted octanol–water partition coefficient (Wildman–Crippen LogP) is 7.45. The van der Waals surface area contributed by atoms with Crippen LogP contribution in [0.2, 0.25) is 18.1 Å². The van der Waals surface area contributed by atoms with Gasteiger partial charge in [0.25, 0.3) is 0 Å². The molecular weight excluding hydrogens is 464 g/mol. The number of Topliss-reactive ketones (excluding diaryl/α,β-unsaturated/α-hetero) is 1. The van der Waals surface area contributed by atoms with Crippen molar-refractivity contribution >= 4 is 20.4 Å². The van der Waals surface area contributed by atoms with Crippen LogP contribution in [0.1, 0.15) is 100 Å². The lowest BCUT2D eigenvalue weighted by Crippen LogP contribution is -2.60. The van der Waals surface area contributed by atoms with Crippen molar-refractivity contribution in [2.45, 2.75) is 130 Å². The molecular formula is C31H54O4Si. The van der Waals surface area contributed by atoms with E-state index in [1.165, 1.54) is 19.3 Å². The molecule has 0 saturated heterocycles. The Balaban J connectivity index is 1.64. The van der Waals surface area contributed by atoms with E-state index in [1.807, 2.05) is 7.11 Å². The number of carbonyl (C=O) groups is 2. The largest absolute Gasteiger partial charge is 0.411 e. The first-order chi connectivity index (χ1) is 16.9. The van der Waals surface area contributed by atoms with Gasteiger partial charge in [-0.05, 0) is 99.6 Å². The maximum atomic E-state index is 14.5. The first-order valence-electron chi connectivity index (χ1n) is 15.1. The number of carbonyl (C=O) groups excluding carboxylic acids is 2. The SMILES string of the molecule is CC[Si](CC)(CC)OC(C)(C)[C@@H](C)C(=O)[C@@]1(C)CC[C@H]2[C@@H](C[C@@H](OC)[C@]34C[C@H]3CC[C@]24C)[C@@H]1CC=O. The van der Waals surface area contributed by atoms with Crippen molar-refractivity contribution in [3.63, 3.8) is 0 Å². The zero-order valence-electron chi connectivity index (χ0n) is 24.7. The van der Waals surface area contributed by atoms with Crippen LogP contribution >= 0.6 is 0 Å². The van der Waals surface area contributed by atoms with Crippen molar-refractivity contribution in [2.24, 2.45) is 45.8 Å². The standard InChI is InChI=1S/C31H54O4Si/c1-10-36(11-2,12-3)35-28(5,6)21(4)27(33)29(7)16-14-25-23(24(29)15-18-32)19-26(34-9)31-20-22(31)13-17-30(25,31)8/h18,21-26H,10-17,19-20H2,1-9H3/t21-,22+,23-,24-,25-,26+,29-,30+,31-/m0/s1. The number of methoxy groups -OCH3 is 1. The average molecular weight is 519 g/mol. The molecule has 0 amide bonds. The van der Waals surface area contributed by atoms with Crippen LogP contribution in [0.5, 0.6) is 0 Å². The molecule has 9 atom stereocenters. The second kappa shape index (κ2) is 9.59.